The van der Waals surface area contributed by atoms with E-state index in [4.69, 9.17) is 14.7 Å². The fourth-order valence-electron chi connectivity index (χ4n) is 3.98. The summed E-state index contributed by atoms with van der Waals surface area (Å²) in [4.78, 5) is 27.2. The molecule has 2 bridgehead atoms. The number of carbonyl (C=O) groups is 2. The zero-order valence-corrected chi connectivity index (χ0v) is 17.0. The summed E-state index contributed by atoms with van der Waals surface area (Å²) in [5.41, 5.74) is -2.07. The number of benzene rings is 1. The van der Waals surface area contributed by atoms with Gasteiger partial charge in [-0.3, -0.25) is 9.69 Å². The van der Waals surface area contributed by atoms with Crippen LogP contribution in [0, 0.1) is 17.2 Å². The van der Waals surface area contributed by atoms with Crippen molar-refractivity contribution < 1.29 is 32.2 Å². The monoisotopic (exact) mass is 424 g/mol. The van der Waals surface area contributed by atoms with Gasteiger partial charge in [-0.15, -0.1) is 0 Å². The van der Waals surface area contributed by atoms with Gasteiger partial charge in [0.2, 0.25) is 0 Å². The first-order chi connectivity index (χ1) is 13.9. The Hall–Kier alpha value is -2.60. The molecule has 3 rings (SSSR count). The van der Waals surface area contributed by atoms with Crippen LogP contribution in [0.1, 0.15) is 55.1 Å². The number of amides is 1. The number of nitrogens with zero attached hydrogens (tertiary/aromatic N) is 2. The molecule has 0 aliphatic carbocycles. The quantitative estimate of drug-likeness (QED) is 0.666. The normalized spacial score (nSPS) is 24.2. The Morgan fingerprint density at radius 2 is 1.73 bits per heavy atom. The summed E-state index contributed by atoms with van der Waals surface area (Å²) in [7, 11) is 0. The Balaban J connectivity index is 1.83. The van der Waals surface area contributed by atoms with Gasteiger partial charge in [0.05, 0.1) is 42.5 Å². The molecule has 1 aromatic carbocycles. The van der Waals surface area contributed by atoms with Crippen molar-refractivity contribution in [2.24, 2.45) is 5.92 Å². The fourth-order valence-corrected chi connectivity index (χ4v) is 3.98. The summed E-state index contributed by atoms with van der Waals surface area (Å²) < 4.78 is 50.5. The Bertz CT molecular complexity index is 872. The van der Waals surface area contributed by atoms with Crippen molar-refractivity contribution in [2.45, 2.75) is 57.5 Å². The van der Waals surface area contributed by atoms with Gasteiger partial charge in [0, 0.05) is 11.5 Å². The summed E-state index contributed by atoms with van der Waals surface area (Å²) in [5, 5.41) is 9.06. The number of hydrogen-bond donors (Lipinski definition) is 0. The van der Waals surface area contributed by atoms with E-state index in [1.165, 1.54) is 6.07 Å². The smallest absolute Gasteiger partial charge is 0.416 e. The van der Waals surface area contributed by atoms with Gasteiger partial charge in [-0.1, -0.05) is 0 Å². The second-order valence-corrected chi connectivity index (χ2v) is 8.67. The maximum absolute atomic E-state index is 13.2. The average molecular weight is 424 g/mol. The minimum atomic E-state index is -4.66. The van der Waals surface area contributed by atoms with Gasteiger partial charge in [-0.05, 0) is 51.8 Å². The highest BCUT2D eigenvalue weighted by atomic mass is 19.4. The Kier molecular flexibility index (Phi) is 5.83. The number of alkyl halides is 3. The van der Waals surface area contributed by atoms with Crippen molar-refractivity contribution in [2.75, 3.05) is 13.2 Å². The Morgan fingerprint density at radius 3 is 2.23 bits per heavy atom. The van der Waals surface area contributed by atoms with E-state index < -0.39 is 47.2 Å². The molecule has 0 spiro atoms. The van der Waals surface area contributed by atoms with Crippen LogP contribution in [0.3, 0.4) is 0 Å². The first-order valence-corrected chi connectivity index (χ1v) is 9.64. The highest BCUT2D eigenvalue weighted by Gasteiger charge is 2.45. The lowest BCUT2D eigenvalue weighted by molar-refractivity contribution is -0.137. The number of halogens is 3. The van der Waals surface area contributed by atoms with Gasteiger partial charge in [-0.2, -0.15) is 18.4 Å². The zero-order valence-electron chi connectivity index (χ0n) is 17.0. The van der Waals surface area contributed by atoms with E-state index in [1.54, 1.807) is 31.7 Å². The van der Waals surface area contributed by atoms with Crippen molar-refractivity contribution in [1.29, 1.82) is 5.26 Å². The molecule has 162 valence electrons. The van der Waals surface area contributed by atoms with Crippen LogP contribution in [-0.4, -0.2) is 47.7 Å². The third-order valence-corrected chi connectivity index (χ3v) is 5.17. The summed E-state index contributed by atoms with van der Waals surface area (Å²) in [5.74, 6) is -1.03. The maximum atomic E-state index is 13.2. The van der Waals surface area contributed by atoms with E-state index in [2.05, 4.69) is 0 Å². The summed E-state index contributed by atoms with van der Waals surface area (Å²) in [6.07, 6.45) is -4.64. The van der Waals surface area contributed by atoms with Crippen molar-refractivity contribution in [3.05, 3.63) is 34.9 Å². The second kappa shape index (κ2) is 7.91. The molecule has 2 unspecified atom stereocenters. The van der Waals surface area contributed by atoms with Gasteiger partial charge in [0.15, 0.2) is 5.78 Å². The van der Waals surface area contributed by atoms with E-state index in [1.807, 2.05) is 0 Å². The van der Waals surface area contributed by atoms with Crippen LogP contribution in [0.5, 0.6) is 0 Å². The highest BCUT2D eigenvalue weighted by molar-refractivity contribution is 5.98. The number of morpholine rings is 1. The number of nitriles is 1. The number of carbonyl (C=O) groups excluding carboxylic acids is 2. The molecule has 2 atom stereocenters. The van der Waals surface area contributed by atoms with E-state index in [-0.39, 0.29) is 37.2 Å². The molecule has 2 fully saturated rings. The minimum absolute atomic E-state index is 0.143. The summed E-state index contributed by atoms with van der Waals surface area (Å²) in [6, 6.07) is 3.58. The molecular formula is C21H23F3N2O4. The fraction of sp³-hybridized carbons (Fsp3) is 0.571. The van der Waals surface area contributed by atoms with Crippen molar-refractivity contribution in [1.82, 2.24) is 4.90 Å². The number of Topliss-reactive ketones (excluding diaryl/α,β-unsaturated/α-hetero) is 1. The molecular weight excluding hydrogens is 401 g/mol. The summed E-state index contributed by atoms with van der Waals surface area (Å²) in [6.45, 7) is 5.73. The van der Waals surface area contributed by atoms with Crippen LogP contribution in [0.25, 0.3) is 0 Å². The van der Waals surface area contributed by atoms with Gasteiger partial charge in [-0.25, -0.2) is 4.79 Å². The topological polar surface area (TPSA) is 79.6 Å². The predicted molar refractivity (Wildman–Crippen MR) is 99.7 cm³/mol. The molecule has 1 aromatic rings. The summed E-state index contributed by atoms with van der Waals surface area (Å²) >= 11 is 0. The molecule has 2 aliphatic heterocycles. The van der Waals surface area contributed by atoms with E-state index in [0.717, 1.165) is 12.1 Å². The molecule has 6 nitrogen and oxygen atoms in total. The molecule has 1 amide bonds. The molecule has 9 heteroatoms. The SMILES string of the molecule is CC(C)(C)OC(=O)N1C2COCC1CC(C(=O)c1cc(C#N)cc(C(F)(F)F)c1)C2. The molecule has 0 N–H and O–H groups in total. The second-order valence-electron chi connectivity index (χ2n) is 8.67. The molecule has 2 saturated heterocycles. The van der Waals surface area contributed by atoms with Crippen LogP contribution in [0.15, 0.2) is 18.2 Å². The van der Waals surface area contributed by atoms with Gasteiger partial charge in [0.1, 0.15) is 5.60 Å². The lowest BCUT2D eigenvalue weighted by atomic mass is 9.80. The largest absolute Gasteiger partial charge is 0.444 e. The predicted octanol–water partition coefficient (Wildman–Crippen LogP) is 4.17. The van der Waals surface area contributed by atoms with E-state index >= 15 is 0 Å². The third kappa shape index (κ3) is 4.75. The first kappa shape index (κ1) is 22.1. The van der Waals surface area contributed by atoms with Crippen LogP contribution in [0.2, 0.25) is 0 Å². The van der Waals surface area contributed by atoms with Gasteiger partial charge in [0.25, 0.3) is 0 Å². The van der Waals surface area contributed by atoms with Crippen molar-refractivity contribution in [3.8, 4) is 6.07 Å². The Morgan fingerprint density at radius 1 is 1.13 bits per heavy atom. The Labute approximate surface area is 172 Å². The number of rotatable bonds is 2. The van der Waals surface area contributed by atoms with Gasteiger partial charge >= 0.3 is 12.3 Å². The first-order valence-electron chi connectivity index (χ1n) is 9.64. The van der Waals surface area contributed by atoms with E-state index in [9.17, 15) is 22.8 Å². The maximum Gasteiger partial charge on any atom is 0.416 e. The van der Waals surface area contributed by atoms with Crippen molar-refractivity contribution in [3.63, 3.8) is 0 Å². The lowest BCUT2D eigenvalue weighted by Crippen LogP contribution is -2.60. The highest BCUT2D eigenvalue weighted by Crippen LogP contribution is 2.36. The zero-order chi connectivity index (χ0) is 22.3. The molecule has 0 aromatic heterocycles. The molecule has 0 radical (unpaired) electrons. The molecule has 0 saturated carbocycles. The third-order valence-electron chi connectivity index (χ3n) is 5.17. The van der Waals surface area contributed by atoms with Crippen LogP contribution in [0.4, 0.5) is 18.0 Å². The van der Waals surface area contributed by atoms with Crippen molar-refractivity contribution >= 4 is 11.9 Å². The number of piperidine rings is 1. The molecule has 2 heterocycles. The number of ether oxygens (including phenoxy) is 2. The minimum Gasteiger partial charge on any atom is -0.444 e. The van der Waals surface area contributed by atoms with E-state index in [0.29, 0.717) is 0 Å². The lowest BCUT2D eigenvalue weighted by Gasteiger charge is -2.47. The average Bonchev–Trinajstić information content (AvgIpc) is 2.63. The molecule has 2 aliphatic rings. The number of fused-ring (bicyclic) bond motifs is 2. The van der Waals surface area contributed by atoms with Crippen LogP contribution in [-0.2, 0) is 15.7 Å². The number of hydrogen-bond acceptors (Lipinski definition) is 5. The molecule has 30 heavy (non-hydrogen) atoms. The standard InChI is InChI=1S/C21H23F3N2O4/c1-20(2,3)30-19(28)26-16-7-14(8-17(26)11-29-10-16)18(27)13-4-12(9-25)5-15(6-13)21(22,23)24/h4-6,14,16-17H,7-8,10-11H2,1-3H3. The number of ketones is 1. The van der Waals surface area contributed by atoms with Crippen LogP contribution >= 0.6 is 0 Å². The van der Waals surface area contributed by atoms with Gasteiger partial charge < -0.3 is 9.47 Å². The van der Waals surface area contributed by atoms with Crippen LogP contribution < -0.4 is 0 Å².